The molecule has 1 atom stereocenters. The third-order valence-electron chi connectivity index (χ3n) is 3.03. The Morgan fingerprint density at radius 2 is 2.28 bits per heavy atom. The van der Waals surface area contributed by atoms with Crippen molar-refractivity contribution < 1.29 is 9.18 Å². The van der Waals surface area contributed by atoms with Gasteiger partial charge in [0.2, 0.25) is 5.91 Å². The van der Waals surface area contributed by atoms with E-state index < -0.39 is 17.3 Å². The highest BCUT2D eigenvalue weighted by Gasteiger charge is 2.32. The van der Waals surface area contributed by atoms with Gasteiger partial charge in [-0.15, -0.1) is 0 Å². The van der Waals surface area contributed by atoms with E-state index in [1.165, 1.54) is 30.0 Å². The molecule has 0 radical (unpaired) electrons. The molecule has 0 unspecified atom stereocenters. The van der Waals surface area contributed by atoms with E-state index in [1.807, 2.05) is 6.92 Å². The van der Waals surface area contributed by atoms with Gasteiger partial charge >= 0.3 is 0 Å². The zero-order valence-corrected chi connectivity index (χ0v) is 10.8. The first-order valence-electron chi connectivity index (χ1n) is 5.50. The predicted octanol–water partition coefficient (Wildman–Crippen LogP) is 1.59. The fourth-order valence-electron chi connectivity index (χ4n) is 1.97. The fraction of sp³-hybridized carbons (Fsp3) is 0.333. The number of amidine groups is 1. The molecule has 0 saturated carbocycles. The van der Waals surface area contributed by atoms with Gasteiger partial charge in [0.25, 0.3) is 0 Å². The number of hydrogen-bond donors (Lipinski definition) is 2. The smallest absolute Gasteiger partial charge is 0.248 e. The Bertz CT molecular complexity index is 532. The molecular weight excluding hydrogens is 253 g/mol. The molecule has 0 fully saturated rings. The van der Waals surface area contributed by atoms with Gasteiger partial charge in [-0.25, -0.2) is 4.39 Å². The molecule has 0 aliphatic carbocycles. The van der Waals surface area contributed by atoms with Crippen LogP contribution in [0.15, 0.2) is 23.2 Å². The number of nitrogens with zero attached hydrogens (tertiary/aromatic N) is 1. The lowest BCUT2D eigenvalue weighted by molar-refractivity contribution is 0.1000. The number of aliphatic imine (C=N–C) groups is 1. The van der Waals surface area contributed by atoms with Crippen LogP contribution in [0.2, 0.25) is 0 Å². The molecule has 0 spiro atoms. The summed E-state index contributed by atoms with van der Waals surface area (Å²) in [4.78, 5) is 15.5. The van der Waals surface area contributed by atoms with Crippen molar-refractivity contribution in [3.8, 4) is 0 Å². The zero-order valence-electron chi connectivity index (χ0n) is 9.94. The van der Waals surface area contributed by atoms with Gasteiger partial charge in [-0.05, 0) is 31.5 Å². The summed E-state index contributed by atoms with van der Waals surface area (Å²) in [5, 5.41) is 0.438. The summed E-state index contributed by atoms with van der Waals surface area (Å²) in [5.41, 5.74) is 10.8. The van der Waals surface area contributed by atoms with Crippen LogP contribution in [0.4, 0.5) is 4.39 Å². The maximum absolute atomic E-state index is 13.9. The fourth-order valence-corrected chi connectivity index (χ4v) is 2.95. The van der Waals surface area contributed by atoms with E-state index in [9.17, 15) is 9.18 Å². The van der Waals surface area contributed by atoms with Crippen LogP contribution in [0, 0.1) is 5.82 Å². The van der Waals surface area contributed by atoms with Crippen LogP contribution in [0.1, 0.15) is 29.3 Å². The van der Waals surface area contributed by atoms with Crippen LogP contribution in [0.3, 0.4) is 0 Å². The number of thioether (sulfide) groups is 1. The molecule has 6 heteroatoms. The number of halogens is 1. The number of nitrogens with two attached hydrogens (primary N) is 2. The number of primary amides is 1. The molecule has 0 bridgehead atoms. The Labute approximate surface area is 109 Å². The van der Waals surface area contributed by atoms with Crippen LogP contribution in [-0.2, 0) is 5.54 Å². The molecule has 1 aliphatic rings. The second kappa shape index (κ2) is 4.61. The second-order valence-corrected chi connectivity index (χ2v) is 5.50. The summed E-state index contributed by atoms with van der Waals surface area (Å²) < 4.78 is 13.9. The van der Waals surface area contributed by atoms with Crippen LogP contribution < -0.4 is 11.5 Å². The van der Waals surface area contributed by atoms with E-state index in [-0.39, 0.29) is 5.56 Å². The van der Waals surface area contributed by atoms with Gasteiger partial charge in [-0.3, -0.25) is 9.79 Å². The number of carbonyl (C=O) groups is 1. The molecule has 1 aromatic rings. The monoisotopic (exact) mass is 267 g/mol. The van der Waals surface area contributed by atoms with Gasteiger partial charge in [0.05, 0.1) is 5.54 Å². The Morgan fingerprint density at radius 3 is 2.89 bits per heavy atom. The van der Waals surface area contributed by atoms with Crippen LogP contribution in [0.5, 0.6) is 0 Å². The lowest BCUT2D eigenvalue weighted by atomic mass is 9.88. The van der Waals surface area contributed by atoms with Crippen molar-refractivity contribution in [2.24, 2.45) is 16.5 Å². The van der Waals surface area contributed by atoms with Crippen LogP contribution in [-0.4, -0.2) is 16.8 Å². The second-order valence-electron chi connectivity index (χ2n) is 4.38. The summed E-state index contributed by atoms with van der Waals surface area (Å²) >= 11 is 1.45. The van der Waals surface area contributed by atoms with Gasteiger partial charge in [-0.1, -0.05) is 11.8 Å². The standard InChI is InChI=1S/C12H14FN3OS/c1-12(4-5-18-11(15)16-12)8-6-7(10(14)17)2-3-9(8)13/h2-3,6H,4-5H2,1H3,(H2,14,17)(H2,15,16)/t12-/m1/s1. The number of hydrogen-bond acceptors (Lipinski definition) is 4. The molecule has 1 amide bonds. The van der Waals surface area contributed by atoms with Gasteiger partial charge in [0.15, 0.2) is 5.17 Å². The van der Waals surface area contributed by atoms with E-state index in [0.717, 1.165) is 5.75 Å². The van der Waals surface area contributed by atoms with Crippen molar-refractivity contribution in [3.05, 3.63) is 35.1 Å². The van der Waals surface area contributed by atoms with E-state index in [4.69, 9.17) is 11.5 Å². The summed E-state index contributed by atoms with van der Waals surface area (Å²) in [6, 6.07) is 4.08. The minimum Gasteiger partial charge on any atom is -0.379 e. The third-order valence-corrected chi connectivity index (χ3v) is 3.82. The molecule has 0 aromatic heterocycles. The lowest BCUT2D eigenvalue weighted by Crippen LogP contribution is -2.30. The molecular formula is C12H14FN3OS. The molecule has 4 nitrogen and oxygen atoms in total. The number of carbonyl (C=O) groups excluding carboxylic acids is 1. The first-order chi connectivity index (χ1) is 8.42. The number of rotatable bonds is 2. The number of amides is 1. The highest BCUT2D eigenvalue weighted by Crippen LogP contribution is 2.36. The SMILES string of the molecule is C[C@]1(c2cc(C(N)=O)ccc2F)CCSC(N)=N1. The third kappa shape index (κ3) is 2.33. The summed E-state index contributed by atoms with van der Waals surface area (Å²) in [6.07, 6.45) is 0.664. The topological polar surface area (TPSA) is 81.5 Å². The minimum absolute atomic E-state index is 0.277. The predicted molar refractivity (Wildman–Crippen MR) is 71.0 cm³/mol. The van der Waals surface area contributed by atoms with Gasteiger partial charge in [0.1, 0.15) is 5.82 Å². The summed E-state index contributed by atoms with van der Waals surface area (Å²) in [6.45, 7) is 1.81. The van der Waals surface area contributed by atoms with Crippen LogP contribution >= 0.6 is 11.8 Å². The highest BCUT2D eigenvalue weighted by molar-refractivity contribution is 8.13. The summed E-state index contributed by atoms with van der Waals surface area (Å²) in [7, 11) is 0. The average Bonchev–Trinajstić information content (AvgIpc) is 2.28. The molecule has 4 N–H and O–H groups in total. The van der Waals surface area contributed by atoms with Crippen molar-refractivity contribution in [2.75, 3.05) is 5.75 Å². The van der Waals surface area contributed by atoms with Crippen molar-refractivity contribution in [2.45, 2.75) is 18.9 Å². The molecule has 1 aromatic carbocycles. The molecule has 0 saturated heterocycles. The highest BCUT2D eigenvalue weighted by atomic mass is 32.2. The van der Waals surface area contributed by atoms with E-state index in [2.05, 4.69) is 4.99 Å². The van der Waals surface area contributed by atoms with Crippen LogP contribution in [0.25, 0.3) is 0 Å². The Morgan fingerprint density at radius 1 is 1.56 bits per heavy atom. The molecule has 18 heavy (non-hydrogen) atoms. The Balaban J connectivity index is 2.52. The van der Waals surface area contributed by atoms with E-state index in [0.29, 0.717) is 17.2 Å². The van der Waals surface area contributed by atoms with Gasteiger partial charge in [-0.2, -0.15) is 0 Å². The maximum atomic E-state index is 13.9. The largest absolute Gasteiger partial charge is 0.379 e. The summed E-state index contributed by atoms with van der Waals surface area (Å²) in [5.74, 6) is -0.209. The zero-order chi connectivity index (χ0) is 13.3. The first kappa shape index (κ1) is 12.9. The quantitative estimate of drug-likeness (QED) is 0.853. The normalized spacial score (nSPS) is 23.6. The average molecular weight is 267 g/mol. The maximum Gasteiger partial charge on any atom is 0.248 e. The van der Waals surface area contributed by atoms with E-state index >= 15 is 0 Å². The molecule has 96 valence electrons. The van der Waals surface area contributed by atoms with Gasteiger partial charge < -0.3 is 11.5 Å². The van der Waals surface area contributed by atoms with Crippen molar-refractivity contribution in [3.63, 3.8) is 0 Å². The van der Waals surface area contributed by atoms with Crippen molar-refractivity contribution in [1.82, 2.24) is 0 Å². The first-order valence-corrected chi connectivity index (χ1v) is 6.49. The van der Waals surface area contributed by atoms with E-state index in [1.54, 1.807) is 0 Å². The van der Waals surface area contributed by atoms with Gasteiger partial charge in [0, 0.05) is 16.9 Å². The number of benzene rings is 1. The van der Waals surface area contributed by atoms with Crippen molar-refractivity contribution in [1.29, 1.82) is 0 Å². The lowest BCUT2D eigenvalue weighted by Gasteiger charge is -2.30. The molecule has 2 rings (SSSR count). The minimum atomic E-state index is -0.731. The Hall–Kier alpha value is -1.56. The van der Waals surface area contributed by atoms with Crippen molar-refractivity contribution >= 4 is 22.8 Å². The Kier molecular flexibility index (Phi) is 3.30. The molecule has 1 aliphatic heterocycles. The molecule has 1 heterocycles.